The Hall–Kier alpha value is -1.59. The molecule has 4 rings (SSSR count). The van der Waals surface area contributed by atoms with Crippen LogP contribution < -0.4 is 10.2 Å². The predicted molar refractivity (Wildman–Crippen MR) is 110 cm³/mol. The van der Waals surface area contributed by atoms with Crippen LogP contribution in [0.3, 0.4) is 0 Å². The van der Waals surface area contributed by atoms with Gasteiger partial charge in [0, 0.05) is 43.8 Å². The minimum absolute atomic E-state index is 0. The van der Waals surface area contributed by atoms with Gasteiger partial charge < -0.3 is 15.1 Å². The maximum Gasteiger partial charge on any atom is 0.228 e. The predicted octanol–water partition coefficient (Wildman–Crippen LogP) is 2.74. The molecule has 5 nitrogen and oxygen atoms in total. The van der Waals surface area contributed by atoms with Gasteiger partial charge in [0.1, 0.15) is 0 Å². The maximum atomic E-state index is 13.1. The molecule has 0 aromatic heterocycles. The van der Waals surface area contributed by atoms with Crippen molar-refractivity contribution in [1.82, 2.24) is 10.2 Å². The van der Waals surface area contributed by atoms with Crippen LogP contribution in [0.4, 0.5) is 5.69 Å². The number of aryl methyl sites for hydroxylation is 3. The standard InChI is InChI=1S/C21H29N3O2.ClH/c1-13-8-14(2)20(15(3)9-13)24-11-16(10-19(24)25)21(26)23-7-6-17-4-5-18(12-23)22-17;/h8-9,16-18,22H,4-7,10-12H2,1-3H3;1H. The molecule has 2 bridgehead atoms. The van der Waals surface area contributed by atoms with E-state index in [1.807, 2.05) is 9.80 Å². The SMILES string of the molecule is Cc1cc(C)c(N2CC(C(=O)N3CCC4CCC(C3)N4)CC2=O)c(C)c1.Cl. The first-order valence-corrected chi connectivity index (χ1v) is 9.85. The fourth-order valence-electron chi connectivity index (χ4n) is 5.09. The molecule has 1 aromatic rings. The van der Waals surface area contributed by atoms with E-state index in [1.165, 1.54) is 12.0 Å². The first-order chi connectivity index (χ1) is 12.4. The van der Waals surface area contributed by atoms with E-state index in [9.17, 15) is 9.59 Å². The van der Waals surface area contributed by atoms with Gasteiger partial charge in [-0.15, -0.1) is 12.4 Å². The normalized spacial score (nSPS) is 27.5. The molecule has 3 atom stereocenters. The van der Waals surface area contributed by atoms with Gasteiger partial charge in [-0.3, -0.25) is 9.59 Å². The number of nitrogens with zero attached hydrogens (tertiary/aromatic N) is 2. The number of hydrogen-bond acceptors (Lipinski definition) is 3. The second kappa shape index (κ2) is 7.80. The largest absolute Gasteiger partial charge is 0.341 e. The highest BCUT2D eigenvalue weighted by Gasteiger charge is 2.40. The van der Waals surface area contributed by atoms with Gasteiger partial charge in [-0.25, -0.2) is 0 Å². The van der Waals surface area contributed by atoms with E-state index >= 15 is 0 Å². The number of benzene rings is 1. The third-order valence-electron chi connectivity index (χ3n) is 6.21. The van der Waals surface area contributed by atoms with E-state index in [0.29, 0.717) is 25.0 Å². The molecule has 3 fully saturated rings. The second-order valence-corrected chi connectivity index (χ2v) is 8.36. The quantitative estimate of drug-likeness (QED) is 0.843. The zero-order valence-electron chi connectivity index (χ0n) is 16.5. The summed E-state index contributed by atoms with van der Waals surface area (Å²) in [5.41, 5.74) is 4.42. The number of amides is 2. The first-order valence-electron chi connectivity index (χ1n) is 9.85. The molecule has 1 aromatic carbocycles. The van der Waals surface area contributed by atoms with Crippen molar-refractivity contribution in [1.29, 1.82) is 0 Å². The van der Waals surface area contributed by atoms with Crippen LogP contribution in [0.25, 0.3) is 0 Å². The number of rotatable bonds is 2. The Bertz CT molecular complexity index is 728. The van der Waals surface area contributed by atoms with Crippen molar-refractivity contribution >= 4 is 29.9 Å². The second-order valence-electron chi connectivity index (χ2n) is 8.36. The monoisotopic (exact) mass is 391 g/mol. The number of carbonyl (C=O) groups is 2. The topological polar surface area (TPSA) is 52.7 Å². The molecule has 27 heavy (non-hydrogen) atoms. The lowest BCUT2D eigenvalue weighted by Gasteiger charge is -2.27. The highest BCUT2D eigenvalue weighted by Crippen LogP contribution is 2.33. The first kappa shape index (κ1) is 20.2. The number of anilines is 1. The van der Waals surface area contributed by atoms with Crippen LogP contribution in [0.1, 0.15) is 42.4 Å². The number of carbonyl (C=O) groups excluding carboxylic acids is 2. The summed E-state index contributed by atoms with van der Waals surface area (Å²) in [5, 5.41) is 3.62. The smallest absolute Gasteiger partial charge is 0.228 e. The Morgan fingerprint density at radius 3 is 2.41 bits per heavy atom. The number of likely N-dealkylation sites (tertiary alicyclic amines) is 1. The molecule has 0 radical (unpaired) electrons. The van der Waals surface area contributed by atoms with Gasteiger partial charge in [0.2, 0.25) is 11.8 Å². The Morgan fingerprint density at radius 1 is 1.04 bits per heavy atom. The fourth-order valence-corrected chi connectivity index (χ4v) is 5.09. The van der Waals surface area contributed by atoms with Crippen molar-refractivity contribution in [2.45, 2.75) is 58.5 Å². The van der Waals surface area contributed by atoms with Crippen LogP contribution in [0.2, 0.25) is 0 Å². The molecular formula is C21H30ClN3O2. The van der Waals surface area contributed by atoms with Crippen molar-refractivity contribution in [3.8, 4) is 0 Å². The van der Waals surface area contributed by atoms with Crippen molar-refractivity contribution in [2.24, 2.45) is 5.92 Å². The number of halogens is 1. The third kappa shape index (κ3) is 3.85. The highest BCUT2D eigenvalue weighted by atomic mass is 35.5. The average molecular weight is 392 g/mol. The lowest BCUT2D eigenvalue weighted by Crippen LogP contribution is -2.42. The van der Waals surface area contributed by atoms with E-state index in [1.54, 1.807) is 0 Å². The summed E-state index contributed by atoms with van der Waals surface area (Å²) in [4.78, 5) is 29.6. The molecule has 1 N–H and O–H groups in total. The average Bonchev–Trinajstić information content (AvgIpc) is 3.09. The van der Waals surface area contributed by atoms with E-state index in [0.717, 1.165) is 42.7 Å². The van der Waals surface area contributed by atoms with Gasteiger partial charge in [0.05, 0.1) is 5.92 Å². The Balaban J connectivity index is 0.00000210. The van der Waals surface area contributed by atoms with Crippen LogP contribution in [0, 0.1) is 26.7 Å². The van der Waals surface area contributed by atoms with E-state index in [4.69, 9.17) is 0 Å². The Labute approximate surface area is 167 Å². The highest BCUT2D eigenvalue weighted by molar-refractivity contribution is 6.01. The number of fused-ring (bicyclic) bond motifs is 2. The van der Waals surface area contributed by atoms with Gasteiger partial charge in [-0.2, -0.15) is 0 Å². The van der Waals surface area contributed by atoms with Gasteiger partial charge in [-0.1, -0.05) is 17.7 Å². The number of nitrogens with one attached hydrogen (secondary N) is 1. The van der Waals surface area contributed by atoms with E-state index in [-0.39, 0.29) is 30.1 Å². The summed E-state index contributed by atoms with van der Waals surface area (Å²) in [6.07, 6.45) is 3.76. The maximum absolute atomic E-state index is 13.1. The molecule has 0 spiro atoms. The zero-order chi connectivity index (χ0) is 18.4. The summed E-state index contributed by atoms with van der Waals surface area (Å²) in [7, 11) is 0. The fraction of sp³-hybridized carbons (Fsp3) is 0.619. The summed E-state index contributed by atoms with van der Waals surface area (Å²) < 4.78 is 0. The van der Waals surface area contributed by atoms with Gasteiger partial charge in [-0.05, 0) is 51.2 Å². The van der Waals surface area contributed by atoms with Crippen molar-refractivity contribution in [2.75, 3.05) is 24.5 Å². The van der Waals surface area contributed by atoms with Crippen LogP contribution in [-0.4, -0.2) is 48.4 Å². The Morgan fingerprint density at radius 2 is 1.70 bits per heavy atom. The van der Waals surface area contributed by atoms with Gasteiger partial charge in [0.15, 0.2) is 0 Å². The minimum atomic E-state index is -0.209. The van der Waals surface area contributed by atoms with Crippen LogP contribution in [0.5, 0.6) is 0 Å². The van der Waals surface area contributed by atoms with Crippen molar-refractivity contribution < 1.29 is 9.59 Å². The van der Waals surface area contributed by atoms with Crippen LogP contribution in [0.15, 0.2) is 12.1 Å². The molecule has 3 unspecified atom stereocenters. The van der Waals surface area contributed by atoms with E-state index in [2.05, 4.69) is 38.2 Å². The van der Waals surface area contributed by atoms with Crippen LogP contribution in [-0.2, 0) is 9.59 Å². The lowest BCUT2D eigenvalue weighted by molar-refractivity contribution is -0.136. The van der Waals surface area contributed by atoms with Crippen LogP contribution >= 0.6 is 12.4 Å². The lowest BCUT2D eigenvalue weighted by atomic mass is 10.0. The Kier molecular flexibility index (Phi) is 5.82. The summed E-state index contributed by atoms with van der Waals surface area (Å²) in [5.74, 6) is 0.0321. The minimum Gasteiger partial charge on any atom is -0.341 e. The summed E-state index contributed by atoms with van der Waals surface area (Å²) in [6.45, 7) is 8.30. The molecule has 2 amide bonds. The molecule has 148 valence electrons. The molecule has 3 aliphatic rings. The molecule has 3 saturated heterocycles. The van der Waals surface area contributed by atoms with Gasteiger partial charge in [0.25, 0.3) is 0 Å². The van der Waals surface area contributed by atoms with Gasteiger partial charge >= 0.3 is 0 Å². The number of hydrogen-bond donors (Lipinski definition) is 1. The summed E-state index contributed by atoms with van der Waals surface area (Å²) >= 11 is 0. The molecular weight excluding hydrogens is 362 g/mol. The molecule has 6 heteroatoms. The zero-order valence-corrected chi connectivity index (χ0v) is 17.3. The molecule has 3 aliphatic heterocycles. The molecule has 0 saturated carbocycles. The molecule has 0 aliphatic carbocycles. The third-order valence-corrected chi connectivity index (χ3v) is 6.21. The van der Waals surface area contributed by atoms with E-state index < -0.39 is 0 Å². The summed E-state index contributed by atoms with van der Waals surface area (Å²) in [6, 6.07) is 5.22. The van der Waals surface area contributed by atoms with Crippen molar-refractivity contribution in [3.63, 3.8) is 0 Å². The molecule has 3 heterocycles. The van der Waals surface area contributed by atoms with Crippen molar-refractivity contribution in [3.05, 3.63) is 28.8 Å².